The highest BCUT2D eigenvalue weighted by atomic mass is 32.1. The maximum absolute atomic E-state index is 14.3. The number of amides is 2. The number of aliphatic hydroxyl groups excluding tert-OH is 2. The van der Waals surface area contributed by atoms with Gasteiger partial charge in [0, 0.05) is 48.7 Å². The zero-order chi connectivity index (χ0) is 51.6. The molecule has 0 bridgehead atoms. The van der Waals surface area contributed by atoms with Crippen molar-refractivity contribution in [1.29, 1.82) is 5.26 Å². The molecule has 2 fully saturated rings. The molecule has 9 rings (SSSR count). The van der Waals surface area contributed by atoms with E-state index in [0.717, 1.165) is 91.3 Å². The lowest BCUT2D eigenvalue weighted by atomic mass is 9.72. The first-order chi connectivity index (χ1) is 35.1. The average molecular weight is 1030 g/mol. The summed E-state index contributed by atoms with van der Waals surface area (Å²) < 4.78 is 13.4. The lowest BCUT2D eigenvalue weighted by Crippen LogP contribution is -2.50. The van der Waals surface area contributed by atoms with E-state index in [1.807, 2.05) is 52.0 Å². The molecule has 2 saturated heterocycles. The summed E-state index contributed by atoms with van der Waals surface area (Å²) in [5, 5.41) is 47.9. The molecule has 7 atom stereocenters. The Morgan fingerprint density at radius 1 is 1.10 bits per heavy atom. The standard InChI is InChI=1S/C51H64N14O6S2/c1-29(2)43(48(69)64-26-35(67)23-38(64)47(68)57-42(32(5)66)33-12-14-34(15-13-33)44-31(4)55-28-72-44)65-27-40(59-61-65)70-22-8-7-19-62-20-10-21-63(30(3)25-62)50-54-18-16-37(56-50)46-58-49(71-60-46)51(6)17-9-11-39-41(51)36(24-52)45(53)73-39/h12-16,18,27-30,32,35,38,42-43,66-67H,7-11,17,19-23,25-26,53H2,1-6H3,(H,57,68)/t30-,32-,35+,38-,42-,43?,51-/m0/s1. The molecule has 73 heavy (non-hydrogen) atoms. The predicted molar refractivity (Wildman–Crippen MR) is 276 cm³/mol. The number of β-amino-alcohol motifs (C(OH)–C–C–N with tert-alkyl or cyclic N) is 1. The van der Waals surface area contributed by atoms with Gasteiger partial charge < -0.3 is 45.2 Å². The number of likely N-dealkylation sites (tertiary alicyclic amines) is 1. The molecule has 20 nitrogen and oxygen atoms in total. The number of anilines is 2. The summed E-state index contributed by atoms with van der Waals surface area (Å²) in [5.74, 6) is 0.662. The highest BCUT2D eigenvalue weighted by molar-refractivity contribution is 7.16. The monoisotopic (exact) mass is 1030 g/mol. The first kappa shape index (κ1) is 51.5. The van der Waals surface area contributed by atoms with Crippen molar-refractivity contribution in [2.24, 2.45) is 5.92 Å². The Morgan fingerprint density at radius 2 is 1.90 bits per heavy atom. The third-order valence-electron chi connectivity index (χ3n) is 14.4. The molecular weight excluding hydrogens is 969 g/mol. The Bertz CT molecular complexity index is 2930. The second-order valence-electron chi connectivity index (χ2n) is 20.1. The second kappa shape index (κ2) is 22.0. The Balaban J connectivity index is 0.759. The van der Waals surface area contributed by atoms with E-state index in [0.29, 0.717) is 52.0 Å². The van der Waals surface area contributed by atoms with Crippen LogP contribution < -0.4 is 20.7 Å². The Hall–Kier alpha value is -6.38. The van der Waals surface area contributed by atoms with E-state index in [-0.39, 0.29) is 30.8 Å². The number of rotatable bonds is 17. The number of benzene rings is 1. The highest BCUT2D eigenvalue weighted by Gasteiger charge is 2.45. The summed E-state index contributed by atoms with van der Waals surface area (Å²) in [6.45, 7) is 15.4. The SMILES string of the molecule is Cc1ncsc1-c1ccc([C@@H](NC(=O)[C@@H]2C[C@@H](O)CN2C(=O)C(C(C)C)n2cc(OCCCCN3CCCN(c4nccc(-c5noc([C@@]6(C)CCCc7sc(N)c(C#N)c76)n5)n4)[C@@H](C)C3)nn2)[C@H](C)O)cc1. The molecule has 5 N–H and O–H groups in total. The fourth-order valence-corrected chi connectivity index (χ4v) is 12.6. The van der Waals surface area contributed by atoms with Crippen LogP contribution in [0.4, 0.5) is 10.9 Å². The molecule has 7 heterocycles. The van der Waals surface area contributed by atoms with Gasteiger partial charge in [0.05, 0.1) is 58.1 Å². The number of aryl methyl sites for hydroxylation is 2. The summed E-state index contributed by atoms with van der Waals surface area (Å²) >= 11 is 3.02. The molecule has 0 spiro atoms. The van der Waals surface area contributed by atoms with Gasteiger partial charge in [0.1, 0.15) is 28.8 Å². The number of carbonyl (C=O) groups excluding carboxylic acids is 2. The number of hydrogen-bond acceptors (Lipinski definition) is 19. The number of aromatic nitrogens is 8. The molecular formula is C51H64N14O6S2. The van der Waals surface area contributed by atoms with Crippen molar-refractivity contribution in [3.05, 3.63) is 81.4 Å². The average Bonchev–Trinajstić information content (AvgIpc) is 4.23. The highest BCUT2D eigenvalue weighted by Crippen LogP contribution is 2.48. The van der Waals surface area contributed by atoms with E-state index in [1.54, 1.807) is 42.2 Å². The van der Waals surface area contributed by atoms with Gasteiger partial charge in [-0.05, 0) is 102 Å². The zero-order valence-corrected chi connectivity index (χ0v) is 43.8. The first-order valence-electron chi connectivity index (χ1n) is 25.1. The van der Waals surface area contributed by atoms with E-state index >= 15 is 0 Å². The van der Waals surface area contributed by atoms with Gasteiger partial charge in [-0.1, -0.05) is 53.6 Å². The van der Waals surface area contributed by atoms with Gasteiger partial charge in [-0.15, -0.1) is 22.7 Å². The van der Waals surface area contributed by atoms with Crippen molar-refractivity contribution >= 4 is 45.4 Å². The summed E-state index contributed by atoms with van der Waals surface area (Å²) in [4.78, 5) is 55.3. The number of carbonyl (C=O) groups is 2. The number of aliphatic hydroxyl groups is 2. The van der Waals surface area contributed by atoms with Gasteiger partial charge in [0.2, 0.25) is 29.5 Å². The number of nitrogens with zero attached hydrogens (tertiary/aromatic N) is 12. The van der Waals surface area contributed by atoms with Crippen LogP contribution in [0.1, 0.15) is 118 Å². The van der Waals surface area contributed by atoms with Crippen LogP contribution in [0, 0.1) is 24.2 Å². The number of nitrogens with two attached hydrogens (primary N) is 1. The van der Waals surface area contributed by atoms with Gasteiger partial charge in [-0.2, -0.15) is 10.2 Å². The van der Waals surface area contributed by atoms with Crippen LogP contribution >= 0.6 is 22.7 Å². The number of thiophene rings is 1. The Morgan fingerprint density at radius 3 is 2.64 bits per heavy atom. The minimum Gasteiger partial charge on any atom is -0.475 e. The number of nitrogens with one attached hydrogen (secondary N) is 1. The largest absolute Gasteiger partial charge is 0.475 e. The molecule has 6 aromatic rings. The van der Waals surface area contributed by atoms with Crippen LogP contribution in [-0.2, 0) is 21.4 Å². The molecule has 2 aliphatic heterocycles. The molecule has 3 aliphatic rings. The third kappa shape index (κ3) is 10.8. The van der Waals surface area contributed by atoms with Crippen LogP contribution in [-0.4, -0.2) is 136 Å². The lowest BCUT2D eigenvalue weighted by molar-refractivity contribution is -0.143. The minimum absolute atomic E-state index is 0.0156. The number of nitrogen functional groups attached to an aromatic ring is 1. The third-order valence-corrected chi connectivity index (χ3v) is 16.5. The Kier molecular flexibility index (Phi) is 15.5. The van der Waals surface area contributed by atoms with Gasteiger partial charge >= 0.3 is 0 Å². The normalized spacial score (nSPS) is 21.6. The first-order valence-corrected chi connectivity index (χ1v) is 26.8. The summed E-state index contributed by atoms with van der Waals surface area (Å²) in [6, 6.07) is 9.35. The van der Waals surface area contributed by atoms with Crippen molar-refractivity contribution in [2.75, 3.05) is 50.0 Å². The van der Waals surface area contributed by atoms with Crippen LogP contribution in [0.25, 0.3) is 22.0 Å². The molecule has 0 saturated carbocycles. The van der Waals surface area contributed by atoms with E-state index < -0.39 is 41.7 Å². The fraction of sp³-hybridized carbons (Fsp3) is 0.529. The van der Waals surface area contributed by atoms with Gasteiger partial charge in [-0.3, -0.25) is 9.59 Å². The number of ether oxygens (including phenoxy) is 1. The van der Waals surface area contributed by atoms with Crippen molar-refractivity contribution in [1.82, 2.24) is 55.2 Å². The lowest BCUT2D eigenvalue weighted by Gasteiger charge is -2.31. The van der Waals surface area contributed by atoms with Crippen LogP contribution in [0.5, 0.6) is 5.88 Å². The quantitative estimate of drug-likeness (QED) is 0.0779. The van der Waals surface area contributed by atoms with Crippen molar-refractivity contribution in [3.8, 4) is 33.9 Å². The van der Waals surface area contributed by atoms with Gasteiger partial charge in [0.25, 0.3) is 5.88 Å². The van der Waals surface area contributed by atoms with Crippen molar-refractivity contribution in [3.63, 3.8) is 0 Å². The molecule has 2 amide bonds. The van der Waals surface area contributed by atoms with E-state index in [9.17, 15) is 25.1 Å². The van der Waals surface area contributed by atoms with Gasteiger partial charge in [-0.25, -0.2) is 19.6 Å². The number of thiazole rings is 1. The summed E-state index contributed by atoms with van der Waals surface area (Å²) in [7, 11) is 0. The summed E-state index contributed by atoms with van der Waals surface area (Å²) in [5.41, 5.74) is 12.0. The predicted octanol–water partition coefficient (Wildman–Crippen LogP) is 5.86. The summed E-state index contributed by atoms with van der Waals surface area (Å²) in [6.07, 6.45) is 6.73. The zero-order valence-electron chi connectivity index (χ0n) is 42.1. The molecule has 386 valence electrons. The molecule has 1 aliphatic carbocycles. The second-order valence-corrected chi connectivity index (χ2v) is 22.1. The molecule has 1 aromatic carbocycles. The van der Waals surface area contributed by atoms with E-state index in [1.165, 1.54) is 20.9 Å². The topological polar surface area (TPSA) is 264 Å². The molecule has 5 aromatic heterocycles. The van der Waals surface area contributed by atoms with Crippen molar-refractivity contribution < 1.29 is 29.1 Å². The maximum atomic E-state index is 14.3. The maximum Gasteiger partial charge on any atom is 0.253 e. The molecule has 1 unspecified atom stereocenters. The number of nitriles is 1. The fourth-order valence-electron chi connectivity index (χ4n) is 10.6. The number of hydrogen-bond donors (Lipinski definition) is 4. The Labute approximate surface area is 432 Å². The smallest absolute Gasteiger partial charge is 0.253 e. The van der Waals surface area contributed by atoms with E-state index in [2.05, 4.69) is 53.5 Å². The molecule has 22 heteroatoms. The number of fused-ring (bicyclic) bond motifs is 1. The van der Waals surface area contributed by atoms with Gasteiger partial charge in [0.15, 0.2) is 0 Å². The minimum atomic E-state index is -0.955. The van der Waals surface area contributed by atoms with Crippen LogP contribution in [0.15, 0.2) is 52.8 Å². The van der Waals surface area contributed by atoms with E-state index in [4.69, 9.17) is 25.0 Å². The number of unbranched alkanes of at least 4 members (excludes halogenated alkanes) is 1. The molecule has 0 radical (unpaired) electrons. The van der Waals surface area contributed by atoms with Crippen molar-refractivity contribution in [2.45, 2.75) is 128 Å². The van der Waals surface area contributed by atoms with Crippen LogP contribution in [0.3, 0.4) is 0 Å². The van der Waals surface area contributed by atoms with Crippen LogP contribution in [0.2, 0.25) is 0 Å².